The molecule has 0 heterocycles. The van der Waals surface area contributed by atoms with E-state index in [-0.39, 0.29) is 5.54 Å². The van der Waals surface area contributed by atoms with Crippen molar-refractivity contribution in [1.82, 2.24) is 0 Å². The summed E-state index contributed by atoms with van der Waals surface area (Å²) < 4.78 is 11.1. The number of para-hydroxylation sites is 1. The van der Waals surface area contributed by atoms with Crippen LogP contribution in [0, 0.1) is 0 Å². The Morgan fingerprint density at radius 3 is 1.75 bits per heavy atom. The van der Waals surface area contributed by atoms with Gasteiger partial charge in [0.2, 0.25) is 0 Å². The fraction of sp³-hybridized carbons (Fsp3) is 0.714. The number of unbranched alkanes of at least 4 members (excludes halogenated alkanes) is 3. The van der Waals surface area contributed by atoms with Crippen LogP contribution in [0.15, 0.2) is 24.3 Å². The summed E-state index contributed by atoms with van der Waals surface area (Å²) in [6, 6.07) is 8.48. The standard InChI is InChI=1S/C9H13NO.3C4H9.Sn/c1-9(2,10)7-5-3-4-6-8(7)11;3*1-3-4-2;/h3-6,11H,10H2,1-2H3;3*1,3-4H2,2H3;/q;;;;+1/p-1. The zero-order valence-corrected chi connectivity index (χ0v) is 19.5. The Balaban J connectivity index is 3.13. The van der Waals surface area contributed by atoms with E-state index >= 15 is 0 Å². The Hall–Kier alpha value is -0.221. The third-order valence-electron chi connectivity index (χ3n) is 4.87. The van der Waals surface area contributed by atoms with Crippen LogP contribution in [0.4, 0.5) is 0 Å². The summed E-state index contributed by atoms with van der Waals surface area (Å²) in [7, 11) is 0. The van der Waals surface area contributed by atoms with Gasteiger partial charge < -0.3 is 0 Å². The molecule has 0 unspecified atom stereocenters. The van der Waals surface area contributed by atoms with E-state index in [2.05, 4.69) is 58.9 Å². The van der Waals surface area contributed by atoms with E-state index in [1.807, 2.05) is 0 Å². The van der Waals surface area contributed by atoms with Crippen LogP contribution in [0.2, 0.25) is 13.3 Å². The zero-order chi connectivity index (χ0) is 18.1. The van der Waals surface area contributed by atoms with Gasteiger partial charge in [-0.3, -0.25) is 0 Å². The monoisotopic (exact) mass is 441 g/mol. The van der Waals surface area contributed by atoms with Crippen molar-refractivity contribution >= 4 is 18.8 Å². The molecule has 138 valence electrons. The van der Waals surface area contributed by atoms with Gasteiger partial charge >= 0.3 is 155 Å². The Morgan fingerprint density at radius 2 is 1.33 bits per heavy atom. The molecule has 0 fully saturated rings. The van der Waals surface area contributed by atoms with Gasteiger partial charge in [0.05, 0.1) is 0 Å². The molecule has 1 aromatic rings. The number of benzene rings is 1. The number of hydrogen-bond acceptors (Lipinski definition) is 2. The van der Waals surface area contributed by atoms with Gasteiger partial charge in [0.25, 0.3) is 0 Å². The molecular formula is C21H39NOSn. The molecule has 1 aromatic carbocycles. The first-order valence-corrected chi connectivity index (χ1v) is 17.2. The van der Waals surface area contributed by atoms with Crippen LogP contribution in [0.5, 0.6) is 5.75 Å². The molecule has 0 aromatic heterocycles. The summed E-state index contributed by atoms with van der Waals surface area (Å²) in [5.41, 5.74) is 7.23. The zero-order valence-electron chi connectivity index (χ0n) is 16.7. The second-order valence-corrected chi connectivity index (χ2v) is 19.4. The van der Waals surface area contributed by atoms with E-state index < -0.39 is 18.8 Å². The summed E-state index contributed by atoms with van der Waals surface area (Å²) in [5.74, 6) is 1.07. The van der Waals surface area contributed by atoms with Crippen molar-refractivity contribution in [3.63, 3.8) is 0 Å². The van der Waals surface area contributed by atoms with Gasteiger partial charge in [-0.25, -0.2) is 0 Å². The molecule has 0 atom stereocenters. The molecule has 3 heteroatoms. The Kier molecular flexibility index (Phi) is 9.73. The maximum absolute atomic E-state index is 7.00. The van der Waals surface area contributed by atoms with Gasteiger partial charge in [0.1, 0.15) is 0 Å². The Labute approximate surface area is 155 Å². The third kappa shape index (κ3) is 6.95. The number of hydrogen-bond donors (Lipinski definition) is 1. The third-order valence-corrected chi connectivity index (χ3v) is 17.6. The van der Waals surface area contributed by atoms with E-state index in [0.29, 0.717) is 0 Å². The molecule has 0 aliphatic heterocycles. The van der Waals surface area contributed by atoms with Gasteiger partial charge in [-0.1, -0.05) is 0 Å². The minimum absolute atomic E-state index is 0.353. The molecule has 0 saturated heterocycles. The van der Waals surface area contributed by atoms with Gasteiger partial charge in [0, 0.05) is 0 Å². The molecule has 2 nitrogen and oxygen atoms in total. The molecular weight excluding hydrogens is 401 g/mol. The Morgan fingerprint density at radius 1 is 0.875 bits per heavy atom. The quantitative estimate of drug-likeness (QED) is 0.372. The summed E-state index contributed by atoms with van der Waals surface area (Å²) in [6.45, 7) is 11.1. The predicted molar refractivity (Wildman–Crippen MR) is 109 cm³/mol. The molecule has 0 aliphatic carbocycles. The van der Waals surface area contributed by atoms with E-state index in [1.165, 1.54) is 51.8 Å². The van der Waals surface area contributed by atoms with Crippen molar-refractivity contribution in [3.8, 4) is 5.75 Å². The van der Waals surface area contributed by atoms with Crippen molar-refractivity contribution in [2.45, 2.75) is 92.0 Å². The van der Waals surface area contributed by atoms with Crippen LogP contribution < -0.4 is 8.81 Å². The first kappa shape index (κ1) is 21.8. The van der Waals surface area contributed by atoms with Crippen LogP contribution >= 0.6 is 0 Å². The molecule has 0 saturated carbocycles. The van der Waals surface area contributed by atoms with Crippen molar-refractivity contribution in [3.05, 3.63) is 29.8 Å². The maximum atomic E-state index is 7.00. The van der Waals surface area contributed by atoms with Crippen molar-refractivity contribution in [2.24, 2.45) is 5.73 Å². The van der Waals surface area contributed by atoms with Gasteiger partial charge in [-0.05, 0) is 0 Å². The van der Waals surface area contributed by atoms with Crippen LogP contribution in [-0.4, -0.2) is 18.8 Å². The fourth-order valence-corrected chi connectivity index (χ4v) is 16.7. The normalized spacial score (nSPS) is 12.4. The van der Waals surface area contributed by atoms with Gasteiger partial charge in [0.15, 0.2) is 0 Å². The van der Waals surface area contributed by atoms with E-state index in [1.54, 1.807) is 0 Å². The van der Waals surface area contributed by atoms with Crippen molar-refractivity contribution in [2.75, 3.05) is 0 Å². The van der Waals surface area contributed by atoms with Crippen LogP contribution in [0.1, 0.15) is 78.7 Å². The van der Waals surface area contributed by atoms with E-state index in [0.717, 1.165) is 11.3 Å². The summed E-state index contributed by atoms with van der Waals surface area (Å²) in [6.07, 6.45) is 7.76. The first-order chi connectivity index (χ1) is 11.4. The average molecular weight is 440 g/mol. The fourth-order valence-electron chi connectivity index (χ4n) is 3.35. The summed E-state index contributed by atoms with van der Waals surface area (Å²) in [4.78, 5) is 0. The van der Waals surface area contributed by atoms with Crippen molar-refractivity contribution in [1.29, 1.82) is 0 Å². The molecule has 24 heavy (non-hydrogen) atoms. The van der Waals surface area contributed by atoms with Crippen molar-refractivity contribution < 1.29 is 3.07 Å². The number of rotatable bonds is 12. The molecule has 1 rings (SSSR count). The molecule has 0 radical (unpaired) electrons. The molecule has 0 amide bonds. The first-order valence-electron chi connectivity index (χ1n) is 9.96. The second kappa shape index (κ2) is 10.7. The van der Waals surface area contributed by atoms with Crippen LogP contribution in [0.3, 0.4) is 0 Å². The Bertz CT molecular complexity index is 445. The SMILES string of the molecule is CCC[CH2][Sn]([CH2]CCC)([CH2]CCC)[O]c1ccccc1C(C)(C)N. The topological polar surface area (TPSA) is 35.2 Å². The van der Waals surface area contributed by atoms with Gasteiger partial charge in [-0.2, -0.15) is 0 Å². The van der Waals surface area contributed by atoms with Crippen LogP contribution in [-0.2, 0) is 5.54 Å². The number of nitrogens with two attached hydrogens (primary N) is 1. The average Bonchev–Trinajstić information content (AvgIpc) is 2.55. The second-order valence-electron chi connectivity index (χ2n) is 7.81. The predicted octanol–water partition coefficient (Wildman–Crippen LogP) is 6.61. The van der Waals surface area contributed by atoms with Crippen LogP contribution in [0.25, 0.3) is 0 Å². The summed E-state index contributed by atoms with van der Waals surface area (Å²) in [5, 5.41) is 0. The van der Waals surface area contributed by atoms with E-state index in [9.17, 15) is 0 Å². The minimum atomic E-state index is -2.65. The summed E-state index contributed by atoms with van der Waals surface area (Å²) >= 11 is -2.65. The molecule has 0 spiro atoms. The van der Waals surface area contributed by atoms with Gasteiger partial charge in [-0.15, -0.1) is 0 Å². The molecule has 2 N–H and O–H groups in total. The molecule has 0 aliphatic rings. The molecule has 0 bridgehead atoms. The van der Waals surface area contributed by atoms with E-state index in [4.69, 9.17) is 8.81 Å².